The van der Waals surface area contributed by atoms with Gasteiger partial charge < -0.3 is 20.2 Å². The van der Waals surface area contributed by atoms with E-state index in [0.29, 0.717) is 17.9 Å². The van der Waals surface area contributed by atoms with Gasteiger partial charge in [0.05, 0.1) is 11.9 Å². The maximum Gasteiger partial charge on any atom is 0.407 e. The molecule has 0 saturated heterocycles. The molecule has 2 amide bonds. The number of hydrogen-bond acceptors (Lipinski definition) is 5. The summed E-state index contributed by atoms with van der Waals surface area (Å²) in [6.07, 6.45) is 0.0430. The standard InChI is InChI=1S/C21H22N2O4S/c1-14(25)22-13-28-12-15(10-24)23-21(26)27-11-20-18-8-4-2-6-16(18)17-7-3-5-9-19(17)20/h2-10,15,20H,11-13H2,1H3,(H,22,25)(H,23,26)/t15-/m0/s1. The fraction of sp³-hybridized carbons (Fsp3) is 0.286. The second-order valence-corrected chi connectivity index (χ2v) is 7.49. The molecular formula is C21H22N2O4S. The van der Waals surface area contributed by atoms with Gasteiger partial charge in [0.15, 0.2) is 0 Å². The highest BCUT2D eigenvalue weighted by Crippen LogP contribution is 2.44. The zero-order chi connectivity index (χ0) is 19.9. The molecule has 1 aliphatic carbocycles. The molecule has 2 N–H and O–H groups in total. The molecule has 146 valence electrons. The average molecular weight is 398 g/mol. The first-order chi connectivity index (χ1) is 13.6. The number of amides is 2. The van der Waals surface area contributed by atoms with Crippen molar-refractivity contribution in [2.75, 3.05) is 18.2 Å². The Bertz CT molecular complexity index is 825. The monoisotopic (exact) mass is 398 g/mol. The number of fused-ring (bicyclic) bond motifs is 3. The first-order valence-corrected chi connectivity index (χ1v) is 10.1. The maximum atomic E-state index is 12.2. The van der Waals surface area contributed by atoms with Gasteiger partial charge in [-0.15, -0.1) is 11.8 Å². The van der Waals surface area contributed by atoms with Crippen LogP contribution in [0.5, 0.6) is 0 Å². The molecule has 3 rings (SSSR count). The van der Waals surface area contributed by atoms with Crippen molar-refractivity contribution in [1.82, 2.24) is 10.6 Å². The predicted molar refractivity (Wildman–Crippen MR) is 109 cm³/mol. The SMILES string of the molecule is CC(=O)NCSC[C@H](C=O)NC(=O)OCC1c2ccccc2-c2ccccc21. The van der Waals surface area contributed by atoms with Gasteiger partial charge in [-0.05, 0) is 22.3 Å². The third kappa shape index (κ3) is 4.72. The number of aldehydes is 1. The molecule has 0 bridgehead atoms. The van der Waals surface area contributed by atoms with Crippen LogP contribution < -0.4 is 10.6 Å². The second-order valence-electron chi connectivity index (χ2n) is 6.46. The minimum absolute atomic E-state index is 0.0260. The van der Waals surface area contributed by atoms with E-state index in [-0.39, 0.29) is 18.4 Å². The molecule has 0 radical (unpaired) electrons. The maximum absolute atomic E-state index is 12.2. The van der Waals surface area contributed by atoms with E-state index in [1.165, 1.54) is 18.7 Å². The van der Waals surface area contributed by atoms with E-state index in [2.05, 4.69) is 22.8 Å². The van der Waals surface area contributed by atoms with E-state index in [1.807, 2.05) is 36.4 Å². The summed E-state index contributed by atoms with van der Waals surface area (Å²) in [5, 5.41) is 5.19. The van der Waals surface area contributed by atoms with Crippen molar-refractivity contribution in [2.45, 2.75) is 18.9 Å². The highest BCUT2D eigenvalue weighted by Gasteiger charge is 2.29. The van der Waals surface area contributed by atoms with Crippen LogP contribution in [0.4, 0.5) is 4.79 Å². The van der Waals surface area contributed by atoms with Crippen LogP contribution in [0.3, 0.4) is 0 Å². The number of thioether (sulfide) groups is 1. The number of carbonyl (C=O) groups excluding carboxylic acids is 3. The molecule has 2 aromatic rings. The van der Waals surface area contributed by atoms with Crippen LogP contribution in [-0.4, -0.2) is 42.6 Å². The quantitative estimate of drug-likeness (QED) is 0.406. The first kappa shape index (κ1) is 19.9. The highest BCUT2D eigenvalue weighted by atomic mass is 32.2. The molecule has 1 aliphatic rings. The third-order valence-electron chi connectivity index (χ3n) is 4.53. The highest BCUT2D eigenvalue weighted by molar-refractivity contribution is 7.99. The Morgan fingerprint density at radius 2 is 1.71 bits per heavy atom. The molecule has 28 heavy (non-hydrogen) atoms. The zero-order valence-corrected chi connectivity index (χ0v) is 16.3. The molecule has 7 heteroatoms. The Kier molecular flexibility index (Phi) is 6.71. The first-order valence-electron chi connectivity index (χ1n) is 8.99. The Hall–Kier alpha value is -2.80. The number of carbonyl (C=O) groups is 3. The summed E-state index contributed by atoms with van der Waals surface area (Å²) in [5.74, 6) is 0.571. The third-order valence-corrected chi connectivity index (χ3v) is 5.48. The van der Waals surface area contributed by atoms with Gasteiger partial charge in [-0.1, -0.05) is 48.5 Å². The molecule has 0 fully saturated rings. The average Bonchev–Trinajstić information content (AvgIpc) is 3.02. The zero-order valence-electron chi connectivity index (χ0n) is 15.5. The largest absolute Gasteiger partial charge is 0.449 e. The smallest absolute Gasteiger partial charge is 0.407 e. The summed E-state index contributed by atoms with van der Waals surface area (Å²) >= 11 is 1.35. The van der Waals surface area contributed by atoms with Crippen molar-refractivity contribution in [3.05, 3.63) is 59.7 Å². The molecule has 2 aromatic carbocycles. The lowest BCUT2D eigenvalue weighted by Gasteiger charge is -2.16. The predicted octanol–water partition coefficient (Wildman–Crippen LogP) is 2.92. The summed E-state index contributed by atoms with van der Waals surface area (Å²) < 4.78 is 5.43. The summed E-state index contributed by atoms with van der Waals surface area (Å²) in [5.41, 5.74) is 4.59. The number of ether oxygens (including phenoxy) is 1. The number of rotatable bonds is 8. The van der Waals surface area contributed by atoms with Crippen molar-refractivity contribution < 1.29 is 19.1 Å². The van der Waals surface area contributed by atoms with Gasteiger partial charge in [-0.25, -0.2) is 4.79 Å². The normalized spacial score (nSPS) is 13.2. The van der Waals surface area contributed by atoms with E-state index < -0.39 is 12.1 Å². The van der Waals surface area contributed by atoms with Gasteiger partial charge >= 0.3 is 6.09 Å². The van der Waals surface area contributed by atoms with Crippen LogP contribution in [0.25, 0.3) is 11.1 Å². The molecule has 0 aliphatic heterocycles. The molecule has 0 unspecified atom stereocenters. The van der Waals surface area contributed by atoms with Crippen LogP contribution in [0.1, 0.15) is 24.0 Å². The summed E-state index contributed by atoms with van der Waals surface area (Å²) in [7, 11) is 0. The minimum atomic E-state index is -0.672. The summed E-state index contributed by atoms with van der Waals surface area (Å²) in [6.45, 7) is 1.62. The van der Waals surface area contributed by atoms with Crippen LogP contribution in [0, 0.1) is 0 Å². The van der Waals surface area contributed by atoms with Crippen molar-refractivity contribution in [1.29, 1.82) is 0 Å². The lowest BCUT2D eigenvalue weighted by Crippen LogP contribution is -2.39. The van der Waals surface area contributed by atoms with Gasteiger partial charge in [0.2, 0.25) is 5.91 Å². The van der Waals surface area contributed by atoms with Gasteiger partial charge in [-0.2, -0.15) is 0 Å². The fourth-order valence-electron chi connectivity index (χ4n) is 3.24. The van der Waals surface area contributed by atoms with Crippen LogP contribution in [0.2, 0.25) is 0 Å². The number of hydrogen-bond donors (Lipinski definition) is 2. The van der Waals surface area contributed by atoms with E-state index in [9.17, 15) is 14.4 Å². The van der Waals surface area contributed by atoms with Gasteiger partial charge in [0.25, 0.3) is 0 Å². The fourth-order valence-corrected chi connectivity index (χ4v) is 4.08. The van der Waals surface area contributed by atoms with E-state index in [0.717, 1.165) is 22.3 Å². The Balaban J connectivity index is 1.56. The number of alkyl carbamates (subject to hydrolysis) is 1. The molecule has 0 saturated carbocycles. The van der Waals surface area contributed by atoms with E-state index in [1.54, 1.807) is 0 Å². The van der Waals surface area contributed by atoms with E-state index in [4.69, 9.17) is 4.74 Å². The van der Waals surface area contributed by atoms with Crippen molar-refractivity contribution >= 4 is 30.0 Å². The minimum Gasteiger partial charge on any atom is -0.449 e. The van der Waals surface area contributed by atoms with Crippen LogP contribution in [-0.2, 0) is 14.3 Å². The van der Waals surface area contributed by atoms with Crippen molar-refractivity contribution in [3.8, 4) is 11.1 Å². The van der Waals surface area contributed by atoms with Crippen LogP contribution >= 0.6 is 11.8 Å². The molecular weight excluding hydrogens is 376 g/mol. The topological polar surface area (TPSA) is 84.5 Å². The van der Waals surface area contributed by atoms with Gasteiger partial charge in [0.1, 0.15) is 12.9 Å². The van der Waals surface area contributed by atoms with Gasteiger partial charge in [0, 0.05) is 18.6 Å². The number of benzene rings is 2. The Morgan fingerprint density at radius 3 is 2.29 bits per heavy atom. The lowest BCUT2D eigenvalue weighted by atomic mass is 9.98. The molecule has 1 atom stereocenters. The molecule has 6 nitrogen and oxygen atoms in total. The Labute approximate surface area is 168 Å². The lowest BCUT2D eigenvalue weighted by molar-refractivity contribution is -0.118. The summed E-state index contributed by atoms with van der Waals surface area (Å²) in [4.78, 5) is 34.2. The Morgan fingerprint density at radius 1 is 1.11 bits per heavy atom. The number of nitrogens with one attached hydrogen (secondary N) is 2. The van der Waals surface area contributed by atoms with Crippen molar-refractivity contribution in [2.24, 2.45) is 0 Å². The second kappa shape index (κ2) is 9.41. The van der Waals surface area contributed by atoms with E-state index >= 15 is 0 Å². The van der Waals surface area contributed by atoms with Gasteiger partial charge in [-0.3, -0.25) is 4.79 Å². The molecule has 0 aromatic heterocycles. The summed E-state index contributed by atoms with van der Waals surface area (Å²) in [6, 6.07) is 15.5. The van der Waals surface area contributed by atoms with Crippen LogP contribution in [0.15, 0.2) is 48.5 Å². The van der Waals surface area contributed by atoms with Crippen molar-refractivity contribution in [3.63, 3.8) is 0 Å². The molecule has 0 spiro atoms. The molecule has 0 heterocycles.